The van der Waals surface area contributed by atoms with Crippen molar-refractivity contribution in [2.45, 2.75) is 31.2 Å². The Labute approximate surface area is 132 Å². The van der Waals surface area contributed by atoms with Crippen molar-refractivity contribution < 1.29 is 18.3 Å². The molecule has 118 valence electrons. The van der Waals surface area contributed by atoms with Gasteiger partial charge in [-0.05, 0) is 31.0 Å². The molecule has 0 aliphatic carbocycles. The lowest BCUT2D eigenvalue weighted by Gasteiger charge is -2.12. The highest BCUT2D eigenvalue weighted by molar-refractivity contribution is 7.89. The lowest BCUT2D eigenvalue weighted by Crippen LogP contribution is -2.26. The summed E-state index contributed by atoms with van der Waals surface area (Å²) in [5.74, 6) is -1.07. The largest absolute Gasteiger partial charge is 0.477 e. The van der Waals surface area contributed by atoms with Crippen molar-refractivity contribution >= 4 is 27.3 Å². The molecule has 1 unspecified atom stereocenters. The summed E-state index contributed by atoms with van der Waals surface area (Å²) in [6, 6.07) is 6.11. The van der Waals surface area contributed by atoms with E-state index in [2.05, 4.69) is 9.71 Å². The van der Waals surface area contributed by atoms with Crippen molar-refractivity contribution in [1.29, 1.82) is 0 Å². The maximum Gasteiger partial charge on any atom is 0.347 e. The summed E-state index contributed by atoms with van der Waals surface area (Å²) in [5, 5.41) is 9.29. The van der Waals surface area contributed by atoms with Gasteiger partial charge in [-0.1, -0.05) is 19.1 Å². The molecule has 2 N–H and O–H groups in total. The zero-order chi connectivity index (χ0) is 16.3. The van der Waals surface area contributed by atoms with Crippen LogP contribution >= 0.6 is 11.3 Å². The van der Waals surface area contributed by atoms with E-state index in [0.717, 1.165) is 23.3 Å². The lowest BCUT2D eigenvalue weighted by atomic mass is 10.2. The fourth-order valence-electron chi connectivity index (χ4n) is 1.87. The number of hydrogen-bond acceptors (Lipinski definition) is 5. The third kappa shape index (κ3) is 3.70. The molecule has 0 saturated carbocycles. The smallest absolute Gasteiger partial charge is 0.347 e. The van der Waals surface area contributed by atoms with Crippen molar-refractivity contribution in [1.82, 2.24) is 9.71 Å². The van der Waals surface area contributed by atoms with Gasteiger partial charge in [0.2, 0.25) is 10.0 Å². The monoisotopic (exact) mass is 340 g/mol. The summed E-state index contributed by atoms with van der Waals surface area (Å²) < 4.78 is 27.3. The van der Waals surface area contributed by atoms with Crippen molar-refractivity contribution in [3.63, 3.8) is 0 Å². The first-order valence-corrected chi connectivity index (χ1v) is 8.93. The second-order valence-electron chi connectivity index (χ2n) is 4.71. The number of nitrogens with zero attached hydrogens (tertiary/aromatic N) is 1. The zero-order valence-electron chi connectivity index (χ0n) is 12.1. The van der Waals surface area contributed by atoms with Gasteiger partial charge in [-0.3, -0.25) is 0 Å². The molecule has 1 aromatic carbocycles. The van der Waals surface area contributed by atoms with Crippen LogP contribution in [0.3, 0.4) is 0 Å². The average molecular weight is 340 g/mol. The number of thiazole rings is 1. The maximum absolute atomic E-state index is 12.4. The molecule has 0 fully saturated rings. The number of carbonyl (C=O) groups is 1. The molecule has 1 aromatic heterocycles. The number of carboxylic acid groups (broad SMARTS) is 1. The second-order valence-corrected chi connectivity index (χ2v) is 7.49. The Bertz CT molecular complexity index is 784. The zero-order valence-corrected chi connectivity index (χ0v) is 13.7. The number of hydrogen-bond donors (Lipinski definition) is 2. The molecular formula is C14H16N2O4S2. The molecule has 1 heterocycles. The van der Waals surface area contributed by atoms with Gasteiger partial charge < -0.3 is 5.11 Å². The number of rotatable bonds is 6. The van der Waals surface area contributed by atoms with Crippen LogP contribution in [0.2, 0.25) is 0 Å². The van der Waals surface area contributed by atoms with Crippen LogP contribution in [0.5, 0.6) is 0 Å². The summed E-state index contributed by atoms with van der Waals surface area (Å²) in [4.78, 5) is 15.1. The Kier molecular flexibility index (Phi) is 4.94. The molecule has 0 spiro atoms. The van der Waals surface area contributed by atoms with Gasteiger partial charge in [-0.15, -0.1) is 11.3 Å². The summed E-state index contributed by atoms with van der Waals surface area (Å²) in [5.41, 5.74) is 0.929. The minimum Gasteiger partial charge on any atom is -0.477 e. The predicted octanol–water partition coefficient (Wildman–Crippen LogP) is 2.44. The summed E-state index contributed by atoms with van der Waals surface area (Å²) in [7, 11) is -3.68. The number of aromatic nitrogens is 1. The summed E-state index contributed by atoms with van der Waals surface area (Å²) >= 11 is 0.955. The molecule has 22 heavy (non-hydrogen) atoms. The summed E-state index contributed by atoms with van der Waals surface area (Å²) in [6.07, 6.45) is 1.97. The average Bonchev–Trinajstić information content (AvgIpc) is 2.97. The number of carboxylic acids is 1. The molecule has 6 nitrogen and oxygen atoms in total. The predicted molar refractivity (Wildman–Crippen MR) is 83.6 cm³/mol. The van der Waals surface area contributed by atoms with Crippen LogP contribution in [0, 0.1) is 0 Å². The fourth-order valence-corrected chi connectivity index (χ4v) is 3.98. The third-order valence-corrected chi connectivity index (χ3v) is 5.76. The molecule has 0 radical (unpaired) electrons. The van der Waals surface area contributed by atoms with E-state index in [0.29, 0.717) is 5.01 Å². The Morgan fingerprint density at radius 2 is 2.18 bits per heavy atom. The van der Waals surface area contributed by atoms with E-state index in [9.17, 15) is 13.2 Å². The molecule has 1 atom stereocenters. The van der Waals surface area contributed by atoms with Crippen molar-refractivity contribution in [3.05, 3.63) is 45.9 Å². The van der Waals surface area contributed by atoms with Crippen LogP contribution in [0.1, 0.15) is 40.1 Å². The number of aromatic carboxylic acids is 1. The van der Waals surface area contributed by atoms with Gasteiger partial charge in [0.25, 0.3) is 0 Å². The van der Waals surface area contributed by atoms with Crippen LogP contribution in [-0.2, 0) is 16.4 Å². The highest BCUT2D eigenvalue weighted by atomic mass is 32.2. The van der Waals surface area contributed by atoms with Crippen molar-refractivity contribution in [3.8, 4) is 0 Å². The first kappa shape index (κ1) is 16.6. The maximum atomic E-state index is 12.4. The first-order valence-electron chi connectivity index (χ1n) is 6.63. The molecule has 0 amide bonds. The van der Waals surface area contributed by atoms with Gasteiger partial charge >= 0.3 is 5.97 Å². The molecule has 8 heteroatoms. The number of benzene rings is 1. The number of sulfonamides is 1. The molecule has 0 aliphatic rings. The van der Waals surface area contributed by atoms with E-state index < -0.39 is 22.0 Å². The van der Waals surface area contributed by atoms with Crippen molar-refractivity contribution in [2.24, 2.45) is 0 Å². The van der Waals surface area contributed by atoms with E-state index in [1.807, 2.05) is 13.0 Å². The molecular weight excluding hydrogens is 324 g/mol. The molecule has 2 rings (SSSR count). The quantitative estimate of drug-likeness (QED) is 0.842. The van der Waals surface area contributed by atoms with Crippen LogP contribution in [0.25, 0.3) is 0 Å². The minimum absolute atomic E-state index is 0.0778. The van der Waals surface area contributed by atoms with Gasteiger partial charge in [0.05, 0.1) is 17.1 Å². The van der Waals surface area contributed by atoms with Crippen LogP contribution in [0.4, 0.5) is 0 Å². The summed E-state index contributed by atoms with van der Waals surface area (Å²) in [6.45, 7) is 3.58. The Morgan fingerprint density at radius 3 is 2.77 bits per heavy atom. The van der Waals surface area contributed by atoms with Crippen LogP contribution in [0.15, 0.2) is 35.4 Å². The normalized spacial score (nSPS) is 13.0. The highest BCUT2D eigenvalue weighted by Gasteiger charge is 2.21. The fraction of sp³-hybridized carbons (Fsp3) is 0.286. The standard InChI is InChI=1S/C14H16N2O4S2/c1-3-10-5-4-6-11(7-10)22(19,20)16-9(2)13-15-8-12(21-13)14(17)18/h4-9,16H,3H2,1-2H3,(H,17,18). The van der Waals surface area contributed by atoms with E-state index in [1.54, 1.807) is 19.1 Å². The van der Waals surface area contributed by atoms with Crippen molar-refractivity contribution in [2.75, 3.05) is 0 Å². The van der Waals surface area contributed by atoms with E-state index in [1.165, 1.54) is 12.3 Å². The molecule has 0 aliphatic heterocycles. The topological polar surface area (TPSA) is 96.4 Å². The number of aryl methyl sites for hydroxylation is 1. The molecule has 0 saturated heterocycles. The Hall–Kier alpha value is -1.77. The van der Waals surface area contributed by atoms with E-state index >= 15 is 0 Å². The second kappa shape index (κ2) is 6.55. The molecule has 0 bridgehead atoms. The van der Waals surface area contributed by atoms with Gasteiger partial charge in [0.15, 0.2) is 0 Å². The highest BCUT2D eigenvalue weighted by Crippen LogP contribution is 2.22. The van der Waals surface area contributed by atoms with Gasteiger partial charge in [-0.2, -0.15) is 0 Å². The Morgan fingerprint density at radius 1 is 1.45 bits per heavy atom. The van der Waals surface area contributed by atoms with Gasteiger partial charge in [0.1, 0.15) is 9.88 Å². The van der Waals surface area contributed by atoms with Crippen LogP contribution in [-0.4, -0.2) is 24.5 Å². The van der Waals surface area contributed by atoms with Gasteiger partial charge in [-0.25, -0.2) is 22.9 Å². The SMILES string of the molecule is CCc1cccc(S(=O)(=O)NC(C)c2ncc(C(=O)O)s2)c1. The number of nitrogens with one attached hydrogen (secondary N) is 1. The van der Waals surface area contributed by atoms with E-state index in [4.69, 9.17) is 5.11 Å². The third-order valence-electron chi connectivity index (χ3n) is 3.05. The first-order chi connectivity index (χ1) is 10.3. The Balaban J connectivity index is 2.21. The molecule has 2 aromatic rings. The van der Waals surface area contributed by atoms with Crippen LogP contribution < -0.4 is 4.72 Å². The lowest BCUT2D eigenvalue weighted by molar-refractivity contribution is 0.0702. The van der Waals surface area contributed by atoms with E-state index in [-0.39, 0.29) is 9.77 Å². The van der Waals surface area contributed by atoms with Gasteiger partial charge in [0, 0.05) is 0 Å². The minimum atomic E-state index is -3.68.